The Morgan fingerprint density at radius 2 is 2.30 bits per heavy atom. The van der Waals surface area contributed by atoms with Crippen molar-refractivity contribution in [3.05, 3.63) is 18.2 Å². The van der Waals surface area contributed by atoms with Crippen LogP contribution in [-0.2, 0) is 9.53 Å². The van der Waals surface area contributed by atoms with E-state index in [-0.39, 0.29) is 12.5 Å². The summed E-state index contributed by atoms with van der Waals surface area (Å²) in [5.74, 6) is 0.521. The summed E-state index contributed by atoms with van der Waals surface area (Å²) in [5, 5.41) is 0. The SMILES string of the molecule is CCCCCOC(=O)CN1CCOc2cccc(N)c21. The summed E-state index contributed by atoms with van der Waals surface area (Å²) in [6, 6.07) is 5.53. The fourth-order valence-electron chi connectivity index (χ4n) is 2.27. The maximum Gasteiger partial charge on any atom is 0.325 e. The molecule has 0 unspecified atom stereocenters. The lowest BCUT2D eigenvalue weighted by Crippen LogP contribution is -2.38. The minimum Gasteiger partial charge on any atom is -0.489 e. The van der Waals surface area contributed by atoms with Gasteiger partial charge in [0.1, 0.15) is 24.6 Å². The molecule has 1 aromatic rings. The van der Waals surface area contributed by atoms with Gasteiger partial charge in [-0.05, 0) is 18.6 Å². The van der Waals surface area contributed by atoms with E-state index < -0.39 is 0 Å². The Morgan fingerprint density at radius 1 is 1.45 bits per heavy atom. The second kappa shape index (κ2) is 7.03. The first-order valence-corrected chi connectivity index (χ1v) is 7.14. The van der Waals surface area contributed by atoms with Crippen molar-refractivity contribution in [2.75, 3.05) is 36.9 Å². The topological polar surface area (TPSA) is 64.8 Å². The summed E-state index contributed by atoms with van der Waals surface area (Å²) in [4.78, 5) is 13.8. The first-order valence-electron chi connectivity index (χ1n) is 7.14. The lowest BCUT2D eigenvalue weighted by molar-refractivity contribution is -0.142. The lowest BCUT2D eigenvalue weighted by atomic mass is 10.2. The number of hydrogen-bond acceptors (Lipinski definition) is 5. The second-order valence-electron chi connectivity index (χ2n) is 4.89. The molecule has 1 heterocycles. The van der Waals surface area contributed by atoms with E-state index in [1.165, 1.54) is 0 Å². The normalized spacial score (nSPS) is 13.6. The van der Waals surface area contributed by atoms with E-state index in [0.717, 1.165) is 30.7 Å². The smallest absolute Gasteiger partial charge is 0.325 e. The summed E-state index contributed by atoms with van der Waals surface area (Å²) in [5.41, 5.74) is 7.39. The van der Waals surface area contributed by atoms with Gasteiger partial charge >= 0.3 is 5.97 Å². The number of para-hydroxylation sites is 1. The van der Waals surface area contributed by atoms with Gasteiger partial charge in [-0.15, -0.1) is 0 Å². The zero-order valence-corrected chi connectivity index (χ0v) is 11.9. The second-order valence-corrected chi connectivity index (χ2v) is 4.89. The van der Waals surface area contributed by atoms with Gasteiger partial charge in [0.25, 0.3) is 0 Å². The molecule has 0 aliphatic carbocycles. The molecule has 1 aromatic carbocycles. The van der Waals surface area contributed by atoms with E-state index in [0.29, 0.717) is 25.4 Å². The Kier molecular flexibility index (Phi) is 5.09. The zero-order valence-electron chi connectivity index (χ0n) is 11.9. The molecule has 1 aliphatic heterocycles. The van der Waals surface area contributed by atoms with Crippen LogP contribution in [0, 0.1) is 0 Å². The van der Waals surface area contributed by atoms with Gasteiger partial charge < -0.3 is 20.1 Å². The van der Waals surface area contributed by atoms with E-state index in [4.69, 9.17) is 15.2 Å². The number of esters is 1. The fourth-order valence-corrected chi connectivity index (χ4v) is 2.27. The van der Waals surface area contributed by atoms with Gasteiger partial charge in [-0.3, -0.25) is 4.79 Å². The van der Waals surface area contributed by atoms with Crippen molar-refractivity contribution >= 4 is 17.3 Å². The van der Waals surface area contributed by atoms with Crippen molar-refractivity contribution in [1.82, 2.24) is 0 Å². The third-order valence-electron chi connectivity index (χ3n) is 3.30. The molecule has 2 N–H and O–H groups in total. The molecule has 0 amide bonds. The van der Waals surface area contributed by atoms with Crippen molar-refractivity contribution in [1.29, 1.82) is 0 Å². The molecule has 5 nitrogen and oxygen atoms in total. The number of benzene rings is 1. The van der Waals surface area contributed by atoms with Crippen molar-refractivity contribution in [2.24, 2.45) is 0 Å². The van der Waals surface area contributed by atoms with E-state index in [9.17, 15) is 4.79 Å². The quantitative estimate of drug-likeness (QED) is 0.491. The number of carbonyl (C=O) groups excluding carboxylic acids is 1. The fraction of sp³-hybridized carbons (Fsp3) is 0.533. The Hall–Kier alpha value is -1.91. The van der Waals surface area contributed by atoms with Crippen LogP contribution in [0.2, 0.25) is 0 Å². The predicted molar refractivity (Wildman–Crippen MR) is 79.0 cm³/mol. The molecule has 0 saturated carbocycles. The highest BCUT2D eigenvalue weighted by atomic mass is 16.5. The molecule has 0 aromatic heterocycles. The number of unbranched alkanes of at least 4 members (excludes halogenated alkanes) is 2. The number of nitrogen functional groups attached to an aromatic ring is 1. The Balaban J connectivity index is 1.93. The van der Waals surface area contributed by atoms with Crippen LogP contribution in [-0.4, -0.2) is 32.3 Å². The summed E-state index contributed by atoms with van der Waals surface area (Å²) in [7, 11) is 0. The summed E-state index contributed by atoms with van der Waals surface area (Å²) < 4.78 is 10.8. The third-order valence-corrected chi connectivity index (χ3v) is 3.30. The number of rotatable bonds is 6. The number of nitrogens with two attached hydrogens (primary N) is 1. The standard InChI is InChI=1S/C15H22N2O3/c1-2-3-4-9-20-14(18)11-17-8-10-19-13-7-5-6-12(16)15(13)17/h5-7H,2-4,8-11,16H2,1H3. The molecule has 5 heteroatoms. The monoisotopic (exact) mass is 278 g/mol. The first kappa shape index (κ1) is 14.5. The average Bonchev–Trinajstić information content (AvgIpc) is 2.44. The minimum atomic E-state index is -0.211. The van der Waals surface area contributed by atoms with Crippen LogP contribution < -0.4 is 15.4 Å². The highest BCUT2D eigenvalue weighted by molar-refractivity contribution is 5.82. The van der Waals surface area contributed by atoms with Crippen LogP contribution in [0.5, 0.6) is 5.75 Å². The van der Waals surface area contributed by atoms with Crippen LogP contribution in [0.3, 0.4) is 0 Å². The summed E-state index contributed by atoms with van der Waals surface area (Å²) >= 11 is 0. The Labute approximate surface area is 119 Å². The van der Waals surface area contributed by atoms with Crippen molar-refractivity contribution in [2.45, 2.75) is 26.2 Å². The van der Waals surface area contributed by atoms with E-state index in [2.05, 4.69) is 6.92 Å². The van der Waals surface area contributed by atoms with Crippen molar-refractivity contribution in [3.63, 3.8) is 0 Å². The number of anilines is 2. The highest BCUT2D eigenvalue weighted by Gasteiger charge is 2.22. The maximum absolute atomic E-state index is 11.8. The molecule has 0 bridgehead atoms. The molecular weight excluding hydrogens is 256 g/mol. The van der Waals surface area contributed by atoms with Gasteiger partial charge in [0.2, 0.25) is 0 Å². The highest BCUT2D eigenvalue weighted by Crippen LogP contribution is 2.36. The molecule has 0 saturated heterocycles. The number of carbonyl (C=O) groups is 1. The molecule has 0 atom stereocenters. The van der Waals surface area contributed by atoms with E-state index in [1.807, 2.05) is 23.1 Å². The largest absolute Gasteiger partial charge is 0.489 e. The number of hydrogen-bond donors (Lipinski definition) is 1. The van der Waals surface area contributed by atoms with Crippen LogP contribution in [0.15, 0.2) is 18.2 Å². The minimum absolute atomic E-state index is 0.211. The maximum atomic E-state index is 11.8. The van der Waals surface area contributed by atoms with Gasteiger partial charge in [0.15, 0.2) is 0 Å². The molecule has 0 spiro atoms. The average molecular weight is 278 g/mol. The molecule has 0 radical (unpaired) electrons. The molecule has 2 rings (SSSR count). The number of ether oxygens (including phenoxy) is 2. The van der Waals surface area contributed by atoms with Crippen LogP contribution in [0.25, 0.3) is 0 Å². The molecule has 0 fully saturated rings. The van der Waals surface area contributed by atoms with Crippen LogP contribution >= 0.6 is 0 Å². The number of fused-ring (bicyclic) bond motifs is 1. The van der Waals surface area contributed by atoms with Crippen LogP contribution in [0.1, 0.15) is 26.2 Å². The van der Waals surface area contributed by atoms with Gasteiger partial charge in [-0.2, -0.15) is 0 Å². The Bertz CT molecular complexity index is 462. The summed E-state index contributed by atoms with van der Waals surface area (Å²) in [6.07, 6.45) is 3.12. The number of nitrogens with zero attached hydrogens (tertiary/aromatic N) is 1. The third kappa shape index (κ3) is 3.56. The van der Waals surface area contributed by atoms with Crippen molar-refractivity contribution in [3.8, 4) is 5.75 Å². The molecule has 20 heavy (non-hydrogen) atoms. The zero-order chi connectivity index (χ0) is 14.4. The molecular formula is C15H22N2O3. The molecule has 110 valence electrons. The van der Waals surface area contributed by atoms with Crippen molar-refractivity contribution < 1.29 is 14.3 Å². The first-order chi connectivity index (χ1) is 9.72. The van der Waals surface area contributed by atoms with Gasteiger partial charge in [0, 0.05) is 0 Å². The predicted octanol–water partition coefficient (Wildman–Crippen LogP) is 2.20. The lowest BCUT2D eigenvalue weighted by Gasteiger charge is -2.31. The van der Waals surface area contributed by atoms with Crippen LogP contribution in [0.4, 0.5) is 11.4 Å². The summed E-state index contributed by atoms with van der Waals surface area (Å²) in [6.45, 7) is 4.03. The van der Waals surface area contributed by atoms with Gasteiger partial charge in [0.05, 0.1) is 18.8 Å². The molecule has 1 aliphatic rings. The van der Waals surface area contributed by atoms with Gasteiger partial charge in [-0.1, -0.05) is 25.8 Å². The van der Waals surface area contributed by atoms with E-state index in [1.54, 1.807) is 0 Å². The van der Waals surface area contributed by atoms with E-state index >= 15 is 0 Å². The van der Waals surface area contributed by atoms with Gasteiger partial charge in [-0.25, -0.2) is 0 Å². The Morgan fingerprint density at radius 3 is 3.10 bits per heavy atom.